The number of hydrogen-bond acceptors (Lipinski definition) is 3. The third-order valence-corrected chi connectivity index (χ3v) is 0.813. The molecule has 5 nitrogen and oxygen atoms in total. The normalized spacial score (nSPS) is 12.5. The second-order valence-electron chi connectivity index (χ2n) is 2.93. The average molecular weight is 224 g/mol. The number of rotatable bonds is 2. The summed E-state index contributed by atoms with van der Waals surface area (Å²) in [4.78, 5) is 0. The van der Waals surface area contributed by atoms with Gasteiger partial charge in [-0.15, -0.1) is 0 Å². The maximum atomic E-state index is 8.74. The molecule has 0 heterocycles. The van der Waals surface area contributed by atoms with Crippen LogP contribution in [-0.2, 0) is 10.4 Å². The monoisotopic (exact) mass is 224 g/mol. The summed E-state index contributed by atoms with van der Waals surface area (Å²) in [5.74, 6) is 0.625. The molecule has 0 aromatic carbocycles. The van der Waals surface area contributed by atoms with E-state index in [1.165, 1.54) is 0 Å². The first kappa shape index (κ1) is 19.4. The summed E-state index contributed by atoms with van der Waals surface area (Å²) < 4.78 is 31.6. The SMILES string of the molecule is CC(C)CC(C)O.O=S(=O)(O)O.[NaH]. The van der Waals surface area contributed by atoms with E-state index in [-0.39, 0.29) is 35.7 Å². The summed E-state index contributed by atoms with van der Waals surface area (Å²) in [5.41, 5.74) is 0. The van der Waals surface area contributed by atoms with Gasteiger partial charge in [-0.3, -0.25) is 9.11 Å². The Morgan fingerprint density at radius 1 is 1.15 bits per heavy atom. The maximum absolute atomic E-state index is 8.74. The molecule has 0 bridgehead atoms. The van der Waals surface area contributed by atoms with E-state index in [2.05, 4.69) is 13.8 Å². The molecule has 0 aliphatic carbocycles. The van der Waals surface area contributed by atoms with Gasteiger partial charge in [0, 0.05) is 0 Å². The van der Waals surface area contributed by atoms with Crippen LogP contribution in [0.1, 0.15) is 27.2 Å². The first-order chi connectivity index (χ1) is 5.13. The van der Waals surface area contributed by atoms with E-state index >= 15 is 0 Å². The van der Waals surface area contributed by atoms with E-state index in [4.69, 9.17) is 22.6 Å². The van der Waals surface area contributed by atoms with Crippen molar-refractivity contribution in [3.05, 3.63) is 0 Å². The molecule has 0 radical (unpaired) electrons. The molecule has 0 saturated heterocycles. The van der Waals surface area contributed by atoms with Crippen molar-refractivity contribution in [2.45, 2.75) is 33.3 Å². The summed E-state index contributed by atoms with van der Waals surface area (Å²) in [7, 11) is -4.67. The van der Waals surface area contributed by atoms with Crippen LogP contribution in [-0.4, -0.2) is 58.3 Å². The fourth-order valence-electron chi connectivity index (χ4n) is 0.682. The third-order valence-electron chi connectivity index (χ3n) is 0.813. The number of aliphatic hydroxyl groups excluding tert-OH is 1. The van der Waals surface area contributed by atoms with Crippen molar-refractivity contribution in [2.24, 2.45) is 5.92 Å². The van der Waals surface area contributed by atoms with Gasteiger partial charge in [0.05, 0.1) is 6.10 Å². The Labute approximate surface area is 101 Å². The van der Waals surface area contributed by atoms with Crippen molar-refractivity contribution >= 4 is 40.0 Å². The molecular formula is C6H17NaO5S. The van der Waals surface area contributed by atoms with E-state index in [0.29, 0.717) is 5.92 Å². The molecule has 0 spiro atoms. The van der Waals surface area contributed by atoms with Gasteiger partial charge < -0.3 is 5.11 Å². The number of hydrogen-bond donors (Lipinski definition) is 3. The molecule has 78 valence electrons. The van der Waals surface area contributed by atoms with Crippen LogP contribution in [0.15, 0.2) is 0 Å². The van der Waals surface area contributed by atoms with Crippen molar-refractivity contribution in [2.75, 3.05) is 0 Å². The molecule has 3 N–H and O–H groups in total. The van der Waals surface area contributed by atoms with E-state index < -0.39 is 10.4 Å². The summed E-state index contributed by atoms with van der Waals surface area (Å²) in [6.07, 6.45) is 0.792. The van der Waals surface area contributed by atoms with Gasteiger partial charge in [-0.2, -0.15) is 8.42 Å². The van der Waals surface area contributed by atoms with Gasteiger partial charge >= 0.3 is 40.0 Å². The van der Waals surface area contributed by atoms with Crippen LogP contribution in [0.2, 0.25) is 0 Å². The zero-order chi connectivity index (χ0) is 10.4. The van der Waals surface area contributed by atoms with Gasteiger partial charge in [-0.05, 0) is 19.3 Å². The van der Waals surface area contributed by atoms with Crippen LogP contribution in [0.3, 0.4) is 0 Å². The Bertz CT molecular complexity index is 173. The van der Waals surface area contributed by atoms with Gasteiger partial charge in [-0.1, -0.05) is 13.8 Å². The van der Waals surface area contributed by atoms with Gasteiger partial charge in [0.15, 0.2) is 0 Å². The molecule has 0 aromatic heterocycles. The van der Waals surface area contributed by atoms with Crippen LogP contribution in [0.5, 0.6) is 0 Å². The van der Waals surface area contributed by atoms with Gasteiger partial charge in [-0.25, -0.2) is 0 Å². The predicted octanol–water partition coefficient (Wildman–Crippen LogP) is 0.112. The third kappa shape index (κ3) is 64.5. The summed E-state index contributed by atoms with van der Waals surface area (Å²) in [6, 6.07) is 0. The standard InChI is InChI=1S/C6H14O.Na.H2O4S.H/c1-5(2)4-6(3)7;;1-5(2,3)4;/h5-7H,4H2,1-3H3;;(H2,1,2,3,4);. The molecule has 0 aliphatic rings. The Morgan fingerprint density at radius 2 is 1.38 bits per heavy atom. The quantitative estimate of drug-likeness (QED) is 0.457. The molecule has 0 amide bonds. The zero-order valence-electron chi connectivity index (χ0n) is 7.43. The van der Waals surface area contributed by atoms with Crippen LogP contribution in [0.25, 0.3) is 0 Å². The molecule has 1 atom stereocenters. The van der Waals surface area contributed by atoms with E-state index in [0.717, 1.165) is 6.42 Å². The first-order valence-electron chi connectivity index (χ1n) is 3.51. The average Bonchev–Trinajstić information content (AvgIpc) is 1.52. The molecule has 13 heavy (non-hydrogen) atoms. The molecule has 0 aromatic rings. The second kappa shape index (κ2) is 9.39. The molecule has 1 unspecified atom stereocenters. The van der Waals surface area contributed by atoms with Crippen LogP contribution >= 0.6 is 0 Å². The molecule has 0 rings (SSSR count). The van der Waals surface area contributed by atoms with Crippen LogP contribution in [0.4, 0.5) is 0 Å². The van der Waals surface area contributed by atoms with Crippen molar-refractivity contribution in [3.8, 4) is 0 Å². The molecule has 0 fully saturated rings. The van der Waals surface area contributed by atoms with Crippen LogP contribution < -0.4 is 0 Å². The molecule has 0 aliphatic heterocycles. The van der Waals surface area contributed by atoms with E-state index in [9.17, 15) is 0 Å². The zero-order valence-corrected chi connectivity index (χ0v) is 8.24. The molecule has 7 heteroatoms. The first-order valence-corrected chi connectivity index (χ1v) is 4.90. The van der Waals surface area contributed by atoms with Gasteiger partial charge in [0.25, 0.3) is 0 Å². The number of aliphatic hydroxyl groups is 1. The Balaban J connectivity index is -0.000000150. The van der Waals surface area contributed by atoms with E-state index in [1.54, 1.807) is 0 Å². The Kier molecular flexibility index (Phi) is 14.0. The fourth-order valence-corrected chi connectivity index (χ4v) is 0.682. The summed E-state index contributed by atoms with van der Waals surface area (Å²) in [5, 5.41) is 8.72. The minimum absolute atomic E-state index is 0. The van der Waals surface area contributed by atoms with E-state index in [1.807, 2.05) is 6.92 Å². The fraction of sp³-hybridized carbons (Fsp3) is 1.00. The Morgan fingerprint density at radius 3 is 1.38 bits per heavy atom. The van der Waals surface area contributed by atoms with Gasteiger partial charge in [0.2, 0.25) is 0 Å². The summed E-state index contributed by atoms with van der Waals surface area (Å²) in [6.45, 7) is 6.03. The van der Waals surface area contributed by atoms with Gasteiger partial charge in [0.1, 0.15) is 0 Å². The molecule has 0 saturated carbocycles. The van der Waals surface area contributed by atoms with Crippen molar-refractivity contribution in [1.29, 1.82) is 0 Å². The van der Waals surface area contributed by atoms with Crippen molar-refractivity contribution < 1.29 is 22.6 Å². The minimum atomic E-state index is -4.67. The molecular weight excluding hydrogens is 207 g/mol. The predicted molar refractivity (Wildman–Crippen MR) is 52.5 cm³/mol. The Hall–Kier alpha value is 0.830. The van der Waals surface area contributed by atoms with Crippen LogP contribution in [0, 0.1) is 5.92 Å². The van der Waals surface area contributed by atoms with Crippen molar-refractivity contribution in [1.82, 2.24) is 0 Å². The second-order valence-corrected chi connectivity index (χ2v) is 3.82. The summed E-state index contributed by atoms with van der Waals surface area (Å²) >= 11 is 0. The topological polar surface area (TPSA) is 94.8 Å². The van der Waals surface area contributed by atoms with Crippen molar-refractivity contribution in [3.63, 3.8) is 0 Å².